The van der Waals surface area contributed by atoms with Gasteiger partial charge >= 0.3 is 5.63 Å². The number of ether oxygens (including phenoxy) is 1. The molecule has 0 atom stereocenters. The van der Waals surface area contributed by atoms with Gasteiger partial charge in [0.15, 0.2) is 0 Å². The van der Waals surface area contributed by atoms with Crippen LogP contribution < -0.4 is 10.4 Å². The van der Waals surface area contributed by atoms with E-state index in [4.69, 9.17) is 9.15 Å². The molecule has 0 unspecified atom stereocenters. The zero-order valence-corrected chi connectivity index (χ0v) is 9.64. The topological polar surface area (TPSA) is 59.7 Å². The first-order valence-electron chi connectivity index (χ1n) is 5.42. The summed E-state index contributed by atoms with van der Waals surface area (Å²) in [6.45, 7) is 0. The van der Waals surface area contributed by atoms with Crippen molar-refractivity contribution in [3.63, 3.8) is 0 Å². The average Bonchev–Trinajstić information content (AvgIpc) is 2.36. The Morgan fingerprint density at radius 2 is 1.94 bits per heavy atom. The highest BCUT2D eigenvalue weighted by molar-refractivity contribution is 5.98. The number of benzene rings is 2. The van der Waals surface area contributed by atoms with Crippen molar-refractivity contribution in [2.24, 2.45) is 0 Å². The van der Waals surface area contributed by atoms with Crippen molar-refractivity contribution >= 4 is 21.7 Å². The van der Waals surface area contributed by atoms with Gasteiger partial charge in [-0.05, 0) is 35.0 Å². The number of hydrogen-bond donors (Lipinski definition) is 1. The van der Waals surface area contributed by atoms with Crippen molar-refractivity contribution < 1.29 is 14.3 Å². The predicted molar refractivity (Wildman–Crippen MR) is 68.2 cm³/mol. The summed E-state index contributed by atoms with van der Waals surface area (Å²) in [4.78, 5) is 11.2. The van der Waals surface area contributed by atoms with E-state index < -0.39 is 5.63 Å². The molecule has 0 saturated heterocycles. The molecule has 0 aliphatic heterocycles. The van der Waals surface area contributed by atoms with E-state index in [1.54, 1.807) is 19.2 Å². The molecule has 2 aromatic carbocycles. The van der Waals surface area contributed by atoms with Gasteiger partial charge in [0.25, 0.3) is 0 Å². The van der Waals surface area contributed by atoms with Crippen LogP contribution in [0.2, 0.25) is 0 Å². The van der Waals surface area contributed by atoms with Gasteiger partial charge in [0, 0.05) is 0 Å². The van der Waals surface area contributed by atoms with Crippen LogP contribution in [0.3, 0.4) is 0 Å². The Bertz CT molecular complexity index is 802. The second-order valence-corrected chi connectivity index (χ2v) is 4.01. The number of aromatic hydroxyl groups is 1. The molecule has 0 aliphatic carbocycles. The molecule has 4 nitrogen and oxygen atoms in total. The van der Waals surface area contributed by atoms with Gasteiger partial charge in [0.05, 0.1) is 18.6 Å². The molecule has 0 radical (unpaired) electrons. The quantitative estimate of drug-likeness (QED) is 0.526. The predicted octanol–water partition coefficient (Wildman–Crippen LogP) is 2.66. The first-order chi connectivity index (χ1) is 8.67. The molecule has 3 aromatic rings. The molecule has 90 valence electrons. The Hall–Kier alpha value is -2.49. The molecule has 0 saturated carbocycles. The summed E-state index contributed by atoms with van der Waals surface area (Å²) in [5, 5.41) is 12.1. The lowest BCUT2D eigenvalue weighted by Gasteiger charge is -2.05. The van der Waals surface area contributed by atoms with E-state index >= 15 is 0 Å². The van der Waals surface area contributed by atoms with E-state index in [1.165, 1.54) is 0 Å². The minimum atomic E-state index is -0.562. The van der Waals surface area contributed by atoms with Crippen LogP contribution in [0.5, 0.6) is 11.5 Å². The third-order valence-electron chi connectivity index (χ3n) is 2.89. The van der Waals surface area contributed by atoms with E-state index in [9.17, 15) is 9.90 Å². The van der Waals surface area contributed by atoms with E-state index in [0.29, 0.717) is 11.0 Å². The summed E-state index contributed by atoms with van der Waals surface area (Å²) in [5.74, 6) is 0.657. The van der Waals surface area contributed by atoms with Gasteiger partial charge in [-0.3, -0.25) is 0 Å². The second-order valence-electron chi connectivity index (χ2n) is 4.01. The summed E-state index contributed by atoms with van der Waals surface area (Å²) in [6, 6.07) is 10.1. The highest BCUT2D eigenvalue weighted by atomic mass is 16.5. The lowest BCUT2D eigenvalue weighted by atomic mass is 10.1. The minimum absolute atomic E-state index is 0.0778. The van der Waals surface area contributed by atoms with Crippen molar-refractivity contribution in [1.82, 2.24) is 0 Å². The molecule has 0 bridgehead atoms. The smallest absolute Gasteiger partial charge is 0.339 e. The maximum Gasteiger partial charge on any atom is 0.339 e. The van der Waals surface area contributed by atoms with Crippen molar-refractivity contribution in [2.75, 3.05) is 7.11 Å². The van der Waals surface area contributed by atoms with Gasteiger partial charge in [0.1, 0.15) is 17.1 Å². The molecule has 3 rings (SSSR count). The van der Waals surface area contributed by atoms with E-state index in [0.717, 1.165) is 22.6 Å². The van der Waals surface area contributed by atoms with Crippen molar-refractivity contribution in [3.05, 3.63) is 46.8 Å². The average molecular weight is 242 g/mol. The van der Waals surface area contributed by atoms with Gasteiger partial charge in [-0.15, -0.1) is 0 Å². The van der Waals surface area contributed by atoms with Crippen LogP contribution in [0.4, 0.5) is 0 Å². The fourth-order valence-electron chi connectivity index (χ4n) is 1.99. The number of fused-ring (bicyclic) bond motifs is 2. The fraction of sp³-hybridized carbons (Fsp3) is 0.0714. The molecule has 4 heteroatoms. The third-order valence-corrected chi connectivity index (χ3v) is 2.89. The van der Waals surface area contributed by atoms with Crippen LogP contribution in [-0.4, -0.2) is 12.2 Å². The van der Waals surface area contributed by atoms with Crippen LogP contribution in [0, 0.1) is 0 Å². The SMILES string of the molecule is COc1ccc2cc3oc(=O)cc(O)c3cc2c1. The van der Waals surface area contributed by atoms with E-state index in [-0.39, 0.29) is 5.75 Å². The molecule has 1 heterocycles. The monoisotopic (exact) mass is 242 g/mol. The number of hydrogen-bond acceptors (Lipinski definition) is 4. The Kier molecular flexibility index (Phi) is 2.23. The van der Waals surface area contributed by atoms with Crippen LogP contribution in [0.25, 0.3) is 21.7 Å². The Morgan fingerprint density at radius 3 is 2.72 bits per heavy atom. The highest BCUT2D eigenvalue weighted by Crippen LogP contribution is 2.29. The second kappa shape index (κ2) is 3.77. The lowest BCUT2D eigenvalue weighted by Crippen LogP contribution is -1.95. The largest absolute Gasteiger partial charge is 0.507 e. The molecule has 1 N–H and O–H groups in total. The normalized spacial score (nSPS) is 10.9. The maximum atomic E-state index is 11.2. The molecular formula is C14H10O4. The molecule has 0 amide bonds. The van der Waals surface area contributed by atoms with Gasteiger partial charge in [-0.25, -0.2) is 4.79 Å². The number of methoxy groups -OCH3 is 1. The first kappa shape index (κ1) is 10.7. The van der Waals surface area contributed by atoms with Gasteiger partial charge in [-0.2, -0.15) is 0 Å². The summed E-state index contributed by atoms with van der Waals surface area (Å²) in [7, 11) is 1.60. The standard InChI is InChI=1S/C14H10O4/c1-17-10-3-2-8-6-13-11(5-9(8)4-10)12(15)7-14(16)18-13/h2-7,15H,1H3. The summed E-state index contributed by atoms with van der Waals surface area (Å²) >= 11 is 0. The van der Waals surface area contributed by atoms with E-state index in [2.05, 4.69) is 0 Å². The molecule has 18 heavy (non-hydrogen) atoms. The van der Waals surface area contributed by atoms with Crippen molar-refractivity contribution in [3.8, 4) is 11.5 Å². The molecular weight excluding hydrogens is 232 g/mol. The van der Waals surface area contributed by atoms with Crippen LogP contribution in [0.1, 0.15) is 0 Å². The molecule has 0 spiro atoms. The molecule has 0 aliphatic rings. The van der Waals surface area contributed by atoms with Crippen molar-refractivity contribution in [1.29, 1.82) is 0 Å². The lowest BCUT2D eigenvalue weighted by molar-refractivity contribution is 0.415. The molecule has 0 fully saturated rings. The van der Waals surface area contributed by atoms with Gasteiger partial charge < -0.3 is 14.3 Å². The zero-order valence-electron chi connectivity index (χ0n) is 9.64. The van der Waals surface area contributed by atoms with Crippen LogP contribution in [0.15, 0.2) is 45.6 Å². The Balaban J connectivity index is 2.43. The Morgan fingerprint density at radius 1 is 1.11 bits per heavy atom. The zero-order chi connectivity index (χ0) is 12.7. The van der Waals surface area contributed by atoms with Gasteiger partial charge in [-0.1, -0.05) is 6.07 Å². The first-order valence-corrected chi connectivity index (χ1v) is 5.42. The van der Waals surface area contributed by atoms with Crippen LogP contribution >= 0.6 is 0 Å². The fourth-order valence-corrected chi connectivity index (χ4v) is 1.99. The molecule has 1 aromatic heterocycles. The maximum absolute atomic E-state index is 11.2. The van der Waals surface area contributed by atoms with Crippen molar-refractivity contribution in [2.45, 2.75) is 0 Å². The Labute approximate surface area is 102 Å². The summed E-state index contributed by atoms with van der Waals surface area (Å²) in [5.41, 5.74) is -0.189. The number of rotatable bonds is 1. The van der Waals surface area contributed by atoms with Gasteiger partial charge in [0.2, 0.25) is 0 Å². The highest BCUT2D eigenvalue weighted by Gasteiger charge is 2.06. The van der Waals surface area contributed by atoms with E-state index in [1.807, 2.05) is 18.2 Å². The summed E-state index contributed by atoms with van der Waals surface area (Å²) in [6.07, 6.45) is 0. The summed E-state index contributed by atoms with van der Waals surface area (Å²) < 4.78 is 10.2. The van der Waals surface area contributed by atoms with Crippen LogP contribution in [-0.2, 0) is 0 Å². The third kappa shape index (κ3) is 1.59. The minimum Gasteiger partial charge on any atom is -0.507 e.